The molecule has 12 heteroatoms. The van der Waals surface area contributed by atoms with E-state index >= 15 is 0 Å². The third-order valence-corrected chi connectivity index (χ3v) is 0.500. The molecule has 0 aromatic carbocycles. The van der Waals surface area contributed by atoms with Gasteiger partial charge in [-0.3, -0.25) is 0 Å². The molecule has 0 radical (unpaired) electrons. The summed E-state index contributed by atoms with van der Waals surface area (Å²) >= 11 is 0. The van der Waals surface area contributed by atoms with Crippen LogP contribution in [0.15, 0.2) is 0 Å². The normalized spacial score (nSPS) is 14.0. The average Bonchev–Trinajstić information content (AvgIpc) is 2.17. The summed E-state index contributed by atoms with van der Waals surface area (Å²) in [6, 6.07) is 0. The van der Waals surface area contributed by atoms with Gasteiger partial charge in [0.2, 0.25) is 0 Å². The van der Waals surface area contributed by atoms with Crippen molar-refractivity contribution in [3.8, 4) is 0 Å². The van der Waals surface area contributed by atoms with Crippen molar-refractivity contribution in [2.24, 2.45) is 0 Å². The molecule has 0 aromatic heterocycles. The summed E-state index contributed by atoms with van der Waals surface area (Å²) in [7, 11) is 0. The number of alkyl halides is 9. The zero-order valence-corrected chi connectivity index (χ0v) is 8.48. The van der Waals surface area contributed by atoms with Crippen molar-refractivity contribution in [2.75, 3.05) is 20.4 Å². The van der Waals surface area contributed by atoms with Crippen LogP contribution in [0.25, 0.3) is 0 Å². The van der Waals surface area contributed by atoms with Gasteiger partial charge in [-0.1, -0.05) is 0 Å². The molecule has 1 fully saturated rings. The van der Waals surface area contributed by atoms with E-state index < -0.39 is 20.0 Å². The smallest absolute Gasteiger partial charge is 0.329 e. The number of hydrogen-bond donors (Lipinski definition) is 0. The molecule has 114 valence electrons. The molecule has 1 aliphatic heterocycles. The quantitative estimate of drug-likeness (QED) is 0.641. The number of rotatable bonds is 0. The van der Waals surface area contributed by atoms with Crippen LogP contribution in [0, 0.1) is 0 Å². The number of hydrogen-bond acceptors (Lipinski definition) is 3. The van der Waals surface area contributed by atoms with Gasteiger partial charge in [0, 0.05) is 0 Å². The Bertz CT molecular complexity index is 99.4. The van der Waals surface area contributed by atoms with Gasteiger partial charge in [0.15, 0.2) is 20.4 Å². The lowest BCUT2D eigenvalue weighted by molar-refractivity contribution is -0.247. The molecular formula is C6H9F9O3. The molecule has 1 saturated heterocycles. The first kappa shape index (κ1) is 22.4. The number of halogens is 9. The Hall–Kier alpha value is -0.750. The van der Waals surface area contributed by atoms with E-state index in [-0.39, 0.29) is 0 Å². The lowest BCUT2D eigenvalue weighted by atomic mass is 11.2. The second-order valence-electron chi connectivity index (χ2n) is 1.71. The Morgan fingerprint density at radius 1 is 0.444 bits per heavy atom. The van der Waals surface area contributed by atoms with E-state index in [1.54, 1.807) is 0 Å². The Labute approximate surface area is 95.4 Å². The predicted octanol–water partition coefficient (Wildman–Crippen LogP) is 3.46. The molecule has 1 aliphatic rings. The van der Waals surface area contributed by atoms with E-state index in [0.29, 0.717) is 20.4 Å². The van der Waals surface area contributed by atoms with Crippen molar-refractivity contribution >= 4 is 0 Å². The fraction of sp³-hybridized carbons (Fsp3) is 1.00. The third-order valence-electron chi connectivity index (χ3n) is 0.500. The molecule has 0 aromatic rings. The average molecular weight is 300 g/mol. The zero-order valence-electron chi connectivity index (χ0n) is 8.48. The Morgan fingerprint density at radius 2 is 0.556 bits per heavy atom. The molecular weight excluding hydrogens is 291 g/mol. The van der Waals surface area contributed by atoms with Crippen LogP contribution >= 0.6 is 0 Å². The van der Waals surface area contributed by atoms with Crippen molar-refractivity contribution in [1.82, 2.24) is 0 Å². The minimum absolute atomic E-state index is 0.375. The van der Waals surface area contributed by atoms with E-state index in [1.807, 2.05) is 0 Å². The molecule has 0 spiro atoms. The van der Waals surface area contributed by atoms with E-state index in [4.69, 9.17) is 0 Å². The van der Waals surface area contributed by atoms with Gasteiger partial charge >= 0.3 is 20.0 Å². The SMILES string of the molecule is C1OCOCO1.FC(F)F.FC(F)F.FC(F)F. The van der Waals surface area contributed by atoms with Gasteiger partial charge in [0.1, 0.15) is 0 Å². The molecule has 0 N–H and O–H groups in total. The van der Waals surface area contributed by atoms with Crippen LogP contribution in [0.3, 0.4) is 0 Å². The topological polar surface area (TPSA) is 27.7 Å². The molecule has 0 unspecified atom stereocenters. The van der Waals surface area contributed by atoms with Crippen molar-refractivity contribution in [3.63, 3.8) is 0 Å². The van der Waals surface area contributed by atoms with E-state index in [2.05, 4.69) is 14.2 Å². The van der Waals surface area contributed by atoms with Crippen molar-refractivity contribution in [3.05, 3.63) is 0 Å². The maximum atomic E-state index is 9.67. The van der Waals surface area contributed by atoms with Crippen LogP contribution < -0.4 is 0 Å². The van der Waals surface area contributed by atoms with Gasteiger partial charge in [-0.15, -0.1) is 0 Å². The highest BCUT2D eigenvalue weighted by Gasteiger charge is 1.93. The van der Waals surface area contributed by atoms with Gasteiger partial charge in [-0.25, -0.2) is 0 Å². The highest BCUT2D eigenvalue weighted by Crippen LogP contribution is 1.88. The highest BCUT2D eigenvalue weighted by atomic mass is 19.4. The molecule has 0 bridgehead atoms. The van der Waals surface area contributed by atoms with Gasteiger partial charge < -0.3 is 14.2 Å². The first-order chi connectivity index (χ1) is 8.20. The fourth-order valence-corrected chi connectivity index (χ4v) is 0.279. The van der Waals surface area contributed by atoms with E-state index in [1.165, 1.54) is 0 Å². The van der Waals surface area contributed by atoms with E-state index in [9.17, 15) is 39.5 Å². The van der Waals surface area contributed by atoms with Crippen molar-refractivity contribution in [1.29, 1.82) is 0 Å². The monoisotopic (exact) mass is 300 g/mol. The third kappa shape index (κ3) is 112. The molecule has 3 nitrogen and oxygen atoms in total. The molecule has 0 saturated carbocycles. The summed E-state index contributed by atoms with van der Waals surface area (Å²) in [6.07, 6.45) is 0. The second kappa shape index (κ2) is 18.6. The van der Waals surface area contributed by atoms with Crippen LogP contribution in [-0.2, 0) is 14.2 Å². The van der Waals surface area contributed by atoms with Gasteiger partial charge in [-0.2, -0.15) is 39.5 Å². The Kier molecular flexibility index (Phi) is 23.2. The van der Waals surface area contributed by atoms with E-state index in [0.717, 1.165) is 0 Å². The molecule has 18 heavy (non-hydrogen) atoms. The lowest BCUT2D eigenvalue weighted by Gasteiger charge is -2.10. The van der Waals surface area contributed by atoms with Crippen LogP contribution in [0.2, 0.25) is 0 Å². The van der Waals surface area contributed by atoms with Gasteiger partial charge in [0.05, 0.1) is 0 Å². The molecule has 1 heterocycles. The van der Waals surface area contributed by atoms with Gasteiger partial charge in [0.25, 0.3) is 0 Å². The largest absolute Gasteiger partial charge is 0.379 e. The maximum Gasteiger partial charge on any atom is 0.379 e. The summed E-state index contributed by atoms with van der Waals surface area (Å²) in [5.74, 6) is 0. The first-order valence-electron chi connectivity index (χ1n) is 3.70. The summed E-state index contributed by atoms with van der Waals surface area (Å²) in [6.45, 7) is -9.88. The highest BCUT2D eigenvalue weighted by molar-refractivity contribution is 4.09. The van der Waals surface area contributed by atoms with Crippen LogP contribution in [0.1, 0.15) is 0 Å². The molecule has 0 atom stereocenters. The van der Waals surface area contributed by atoms with Crippen LogP contribution in [0.5, 0.6) is 0 Å². The zero-order chi connectivity index (χ0) is 15.0. The van der Waals surface area contributed by atoms with Crippen LogP contribution in [0.4, 0.5) is 39.5 Å². The maximum absolute atomic E-state index is 9.67. The minimum atomic E-state index is -3.67. The standard InChI is InChI=1S/C3H6O3.3CHF3/c1-4-2-6-3-5-1;3*2-1(3)4/h1-3H2;3*1H. The summed E-state index contributed by atoms with van der Waals surface area (Å²) in [4.78, 5) is 0. The van der Waals surface area contributed by atoms with Gasteiger partial charge in [-0.05, 0) is 0 Å². The molecule has 1 rings (SSSR count). The molecule has 0 amide bonds. The summed E-state index contributed by atoms with van der Waals surface area (Å²) < 4.78 is 101. The molecule has 0 aliphatic carbocycles. The number of ether oxygens (including phenoxy) is 3. The lowest BCUT2D eigenvalue weighted by Crippen LogP contribution is -2.14. The van der Waals surface area contributed by atoms with Crippen molar-refractivity contribution < 1.29 is 53.7 Å². The second-order valence-corrected chi connectivity index (χ2v) is 1.71. The van der Waals surface area contributed by atoms with Crippen molar-refractivity contribution in [2.45, 2.75) is 20.0 Å². The fourth-order valence-electron chi connectivity index (χ4n) is 0.279. The Morgan fingerprint density at radius 3 is 0.611 bits per heavy atom. The predicted molar refractivity (Wildman–Crippen MR) is 39.2 cm³/mol. The Balaban J connectivity index is -0.000000171. The van der Waals surface area contributed by atoms with Crippen LogP contribution in [-0.4, -0.2) is 40.4 Å². The first-order valence-corrected chi connectivity index (χ1v) is 3.70. The summed E-state index contributed by atoms with van der Waals surface area (Å²) in [5, 5.41) is 0. The minimum Gasteiger partial charge on any atom is -0.329 e. The summed E-state index contributed by atoms with van der Waals surface area (Å²) in [5.41, 5.74) is 0.